The molecule has 0 spiro atoms. The van der Waals surface area contributed by atoms with Crippen LogP contribution in [0.5, 0.6) is 5.75 Å². The average molecular weight is 416 g/mol. The van der Waals surface area contributed by atoms with Crippen LogP contribution in [-0.4, -0.2) is 62.4 Å². The van der Waals surface area contributed by atoms with Crippen molar-refractivity contribution in [2.45, 2.75) is 74.9 Å². The Kier molecular flexibility index (Phi) is 4.74. The summed E-state index contributed by atoms with van der Waals surface area (Å²) >= 11 is 0. The van der Waals surface area contributed by atoms with E-state index in [1.54, 1.807) is 27.7 Å². The zero-order chi connectivity index (χ0) is 20.3. The lowest BCUT2D eigenvalue weighted by Gasteiger charge is -2.28. The van der Waals surface area contributed by atoms with Crippen molar-refractivity contribution in [1.29, 1.82) is 0 Å². The summed E-state index contributed by atoms with van der Waals surface area (Å²) in [5.41, 5.74) is 0. The van der Waals surface area contributed by atoms with E-state index in [1.807, 2.05) is 0 Å². The van der Waals surface area contributed by atoms with Crippen LogP contribution in [0.25, 0.3) is 0 Å². The van der Waals surface area contributed by atoms with Crippen molar-refractivity contribution in [2.24, 2.45) is 0 Å². The third-order valence-electron chi connectivity index (χ3n) is 4.79. The molecule has 1 aromatic carbocycles. The van der Waals surface area contributed by atoms with Crippen LogP contribution in [0.4, 0.5) is 0 Å². The molecule has 1 aromatic rings. The number of phenolic OH excluding ortho intramolecular Hbond substituents is 1. The van der Waals surface area contributed by atoms with E-state index >= 15 is 0 Å². The van der Waals surface area contributed by atoms with Crippen LogP contribution in [0.3, 0.4) is 0 Å². The second-order valence-corrected chi connectivity index (χ2v) is 9.52. The maximum atomic E-state index is 12.8. The molecule has 0 amide bonds. The Morgan fingerprint density at radius 2 is 1.68 bits per heavy atom. The molecule has 3 aliphatic heterocycles. The first-order chi connectivity index (χ1) is 13.0. The van der Waals surface area contributed by atoms with Crippen molar-refractivity contribution >= 4 is 10.1 Å². The van der Waals surface area contributed by atoms with Crippen LogP contribution in [0, 0.1) is 0 Å². The molecule has 10 heteroatoms. The van der Waals surface area contributed by atoms with Gasteiger partial charge in [-0.05, 0) is 52.0 Å². The third-order valence-corrected chi connectivity index (χ3v) is 6.11. The highest BCUT2D eigenvalue weighted by atomic mass is 32.2. The van der Waals surface area contributed by atoms with Gasteiger partial charge in [0.05, 0.1) is 11.5 Å². The Morgan fingerprint density at radius 3 is 2.29 bits per heavy atom. The molecule has 0 saturated carbocycles. The second kappa shape index (κ2) is 6.63. The molecule has 0 aromatic heterocycles. The van der Waals surface area contributed by atoms with Gasteiger partial charge in [0.2, 0.25) is 0 Å². The highest BCUT2D eigenvalue weighted by Crippen LogP contribution is 2.42. The van der Waals surface area contributed by atoms with Crippen LogP contribution in [0.1, 0.15) is 27.7 Å². The lowest BCUT2D eigenvalue weighted by atomic mass is 10.1. The molecule has 0 unspecified atom stereocenters. The average Bonchev–Trinajstić information content (AvgIpc) is 3.18. The summed E-state index contributed by atoms with van der Waals surface area (Å²) in [6.07, 6.45) is -3.84. The van der Waals surface area contributed by atoms with Gasteiger partial charge in [-0.3, -0.25) is 4.18 Å². The van der Waals surface area contributed by atoms with Gasteiger partial charge in [0, 0.05) is 0 Å². The maximum absolute atomic E-state index is 12.8. The third kappa shape index (κ3) is 3.78. The molecule has 3 saturated heterocycles. The van der Waals surface area contributed by atoms with Crippen molar-refractivity contribution in [3.05, 3.63) is 24.3 Å². The largest absolute Gasteiger partial charge is 0.508 e. The highest BCUT2D eigenvalue weighted by Gasteiger charge is 2.60. The number of ether oxygens (including phenoxy) is 5. The van der Waals surface area contributed by atoms with Gasteiger partial charge >= 0.3 is 0 Å². The first kappa shape index (κ1) is 20.0. The Morgan fingerprint density at radius 1 is 1.00 bits per heavy atom. The van der Waals surface area contributed by atoms with Gasteiger partial charge in [-0.25, -0.2) is 0 Å². The maximum Gasteiger partial charge on any atom is 0.297 e. The Bertz CT molecular complexity index is 833. The minimum absolute atomic E-state index is 0.0471. The minimum atomic E-state index is -4.15. The van der Waals surface area contributed by atoms with E-state index in [2.05, 4.69) is 0 Å². The topological polar surface area (TPSA) is 110 Å². The summed E-state index contributed by atoms with van der Waals surface area (Å²) in [5.74, 6) is -1.79. The van der Waals surface area contributed by atoms with Gasteiger partial charge in [-0.1, -0.05) is 0 Å². The lowest BCUT2D eigenvalue weighted by molar-refractivity contribution is -0.230. The molecule has 1 N–H and O–H groups in total. The molecule has 4 rings (SSSR count). The Hall–Kier alpha value is -1.27. The van der Waals surface area contributed by atoms with Crippen molar-refractivity contribution < 1.29 is 41.4 Å². The van der Waals surface area contributed by atoms with Crippen LogP contribution in [0.15, 0.2) is 29.2 Å². The van der Waals surface area contributed by atoms with E-state index in [1.165, 1.54) is 24.3 Å². The molecule has 3 fully saturated rings. The molecule has 9 nitrogen and oxygen atoms in total. The number of benzene rings is 1. The number of rotatable bonds is 4. The minimum Gasteiger partial charge on any atom is -0.508 e. The fourth-order valence-electron chi connectivity index (χ4n) is 3.60. The zero-order valence-electron chi connectivity index (χ0n) is 16.0. The quantitative estimate of drug-likeness (QED) is 0.730. The molecule has 3 heterocycles. The predicted octanol–water partition coefficient (Wildman–Crippen LogP) is 1.49. The molecule has 0 radical (unpaired) electrons. The monoisotopic (exact) mass is 416 g/mol. The fraction of sp³-hybridized carbons (Fsp3) is 0.667. The van der Waals surface area contributed by atoms with Crippen LogP contribution in [0.2, 0.25) is 0 Å². The molecule has 156 valence electrons. The van der Waals surface area contributed by atoms with Crippen LogP contribution >= 0.6 is 0 Å². The predicted molar refractivity (Wildman–Crippen MR) is 93.8 cm³/mol. The summed E-state index contributed by atoms with van der Waals surface area (Å²) in [5, 5.41) is 9.40. The van der Waals surface area contributed by atoms with Crippen molar-refractivity contribution in [3.8, 4) is 5.75 Å². The normalized spacial score (nSPS) is 36.5. The number of aromatic hydroxyl groups is 1. The number of phenols is 1. The standard InChI is InChI=1S/C18H24O9S/c1-17(2)22-9-12(24-17)13-14(15-16(23-13)26-18(3,4)25-15)27-28(20,21)11-7-5-10(19)6-8-11/h5-8,12-16,19H,9H2,1-4H3/t12-,13-,14+,15-,16-/m1/s1. The molecular weight excluding hydrogens is 392 g/mol. The molecule has 0 aliphatic carbocycles. The first-order valence-electron chi connectivity index (χ1n) is 9.01. The summed E-state index contributed by atoms with van der Waals surface area (Å²) in [7, 11) is -4.15. The first-order valence-corrected chi connectivity index (χ1v) is 10.4. The summed E-state index contributed by atoms with van der Waals surface area (Å²) in [4.78, 5) is -0.0883. The fourth-order valence-corrected chi connectivity index (χ4v) is 4.70. The smallest absolute Gasteiger partial charge is 0.297 e. The van der Waals surface area contributed by atoms with Gasteiger partial charge in [0.1, 0.15) is 30.2 Å². The van der Waals surface area contributed by atoms with E-state index in [0.29, 0.717) is 0 Å². The van der Waals surface area contributed by atoms with E-state index in [-0.39, 0.29) is 17.3 Å². The van der Waals surface area contributed by atoms with Crippen molar-refractivity contribution in [2.75, 3.05) is 6.61 Å². The summed E-state index contributed by atoms with van der Waals surface area (Å²) in [6.45, 7) is 7.19. The van der Waals surface area contributed by atoms with Gasteiger partial charge < -0.3 is 28.8 Å². The SMILES string of the molecule is CC1(C)O[C@H]2O[C@H]([C@H]3COC(C)(C)O3)[C@H](OS(=O)(=O)c3ccc(O)cc3)[C@H]2O1. The van der Waals surface area contributed by atoms with Crippen molar-refractivity contribution in [1.82, 2.24) is 0 Å². The van der Waals surface area contributed by atoms with Gasteiger partial charge in [-0.2, -0.15) is 8.42 Å². The van der Waals surface area contributed by atoms with E-state index < -0.39 is 52.4 Å². The second-order valence-electron chi connectivity index (χ2n) is 7.95. The molecule has 5 atom stereocenters. The number of hydrogen-bond acceptors (Lipinski definition) is 9. The number of fused-ring (bicyclic) bond motifs is 1. The number of hydrogen-bond donors (Lipinski definition) is 1. The molecule has 0 bridgehead atoms. The van der Waals surface area contributed by atoms with Crippen LogP contribution in [-0.2, 0) is 38.0 Å². The van der Waals surface area contributed by atoms with Gasteiger partial charge in [-0.15, -0.1) is 0 Å². The van der Waals surface area contributed by atoms with Crippen molar-refractivity contribution in [3.63, 3.8) is 0 Å². The van der Waals surface area contributed by atoms with E-state index in [9.17, 15) is 13.5 Å². The summed E-state index contributed by atoms with van der Waals surface area (Å²) in [6, 6.07) is 5.08. The van der Waals surface area contributed by atoms with Gasteiger partial charge in [0.25, 0.3) is 10.1 Å². The lowest BCUT2D eigenvalue weighted by Crippen LogP contribution is -2.45. The van der Waals surface area contributed by atoms with E-state index in [4.69, 9.17) is 27.9 Å². The molecular formula is C18H24O9S. The zero-order valence-corrected chi connectivity index (χ0v) is 16.8. The van der Waals surface area contributed by atoms with Crippen LogP contribution < -0.4 is 0 Å². The van der Waals surface area contributed by atoms with Gasteiger partial charge in [0.15, 0.2) is 17.9 Å². The molecule has 28 heavy (non-hydrogen) atoms. The molecule has 3 aliphatic rings. The van der Waals surface area contributed by atoms with E-state index in [0.717, 1.165) is 0 Å². The Balaban J connectivity index is 1.61. The Labute approximate surface area is 163 Å². The highest BCUT2D eigenvalue weighted by molar-refractivity contribution is 7.86. The summed E-state index contributed by atoms with van der Waals surface area (Å²) < 4.78 is 60.1.